The van der Waals surface area contributed by atoms with E-state index in [9.17, 15) is 19.8 Å². The molecule has 180 valence electrons. The lowest BCUT2D eigenvalue weighted by Crippen LogP contribution is -2.83. The van der Waals surface area contributed by atoms with Crippen LogP contribution in [0.3, 0.4) is 0 Å². The van der Waals surface area contributed by atoms with E-state index in [0.29, 0.717) is 18.6 Å². The molecule has 7 nitrogen and oxygen atoms in total. The Bertz CT molecular complexity index is 954. The van der Waals surface area contributed by atoms with Gasteiger partial charge in [-0.05, 0) is 49.0 Å². The number of hydrogen-bond donors (Lipinski definition) is 3. The first-order chi connectivity index (χ1) is 15.6. The minimum Gasteiger partial charge on any atom is -0.391 e. The fourth-order valence-corrected chi connectivity index (χ4v) is 8.45. The number of rotatable bonds is 5. The van der Waals surface area contributed by atoms with Crippen molar-refractivity contribution in [1.82, 2.24) is 5.32 Å². The molecule has 7 heteroatoms. The summed E-state index contributed by atoms with van der Waals surface area (Å²) in [5.74, 6) is -2.80. The van der Waals surface area contributed by atoms with Crippen molar-refractivity contribution in [3.05, 3.63) is 24.3 Å². The van der Waals surface area contributed by atoms with Crippen LogP contribution in [-0.2, 0) is 19.1 Å². The molecule has 4 bridgehead atoms. The minimum atomic E-state index is -1.69. The van der Waals surface area contributed by atoms with Crippen molar-refractivity contribution in [3.63, 3.8) is 0 Å². The van der Waals surface area contributed by atoms with Gasteiger partial charge in [0.05, 0.1) is 25.7 Å². The summed E-state index contributed by atoms with van der Waals surface area (Å²) in [6.45, 7) is 8.68. The molecule has 5 aliphatic carbocycles. The van der Waals surface area contributed by atoms with Crippen LogP contribution < -0.4 is 5.32 Å². The van der Waals surface area contributed by atoms with Crippen LogP contribution in [0.4, 0.5) is 0 Å². The molecule has 6 fully saturated rings. The molecule has 4 saturated carbocycles. The third-order valence-corrected chi connectivity index (χ3v) is 9.83. The molecular formula is C26H35NO6. The molecule has 2 aliphatic heterocycles. The number of aliphatic hydroxyl groups excluding tert-OH is 2. The van der Waals surface area contributed by atoms with Crippen LogP contribution in [0.2, 0.25) is 0 Å². The standard InChI is InChI=1S/C26H35NO6/c1-14-16-7-8-17-24-11-4-10-23(2,3)19(24)22(31)26(33-13-24,25(17,20(14)29)21(16)30)32-12-9-18(28)27-15-5-6-15/h4,11,15-17,19,21-22,30-31H,1,5-10,12-13H2,2-3H3,(H,27,28)/t16-,17-,19+,21+,22-,24+,25-,26+/m0/s1. The summed E-state index contributed by atoms with van der Waals surface area (Å²) in [6, 6.07) is 0.251. The van der Waals surface area contributed by atoms with E-state index in [1.54, 1.807) is 0 Å². The smallest absolute Gasteiger partial charge is 0.222 e. The van der Waals surface area contributed by atoms with E-state index in [2.05, 4.69) is 37.9 Å². The maximum Gasteiger partial charge on any atom is 0.222 e. The van der Waals surface area contributed by atoms with Crippen LogP contribution in [0.1, 0.15) is 52.4 Å². The fraction of sp³-hybridized carbons (Fsp3) is 0.769. The van der Waals surface area contributed by atoms with Crippen LogP contribution in [0.25, 0.3) is 0 Å². The number of amides is 1. The number of ether oxygens (including phenoxy) is 2. The van der Waals surface area contributed by atoms with Gasteiger partial charge in [0.15, 0.2) is 5.78 Å². The number of nitrogens with one attached hydrogen (secondary N) is 1. The highest BCUT2D eigenvalue weighted by atomic mass is 16.7. The third kappa shape index (κ3) is 2.49. The van der Waals surface area contributed by atoms with E-state index in [1.807, 2.05) is 0 Å². The molecule has 0 unspecified atom stereocenters. The number of fused-ring (bicyclic) bond motifs is 2. The fourth-order valence-electron chi connectivity index (χ4n) is 8.45. The van der Waals surface area contributed by atoms with Gasteiger partial charge in [-0.2, -0.15) is 0 Å². The first-order valence-electron chi connectivity index (χ1n) is 12.5. The molecule has 0 aromatic rings. The molecule has 33 heavy (non-hydrogen) atoms. The first kappa shape index (κ1) is 22.0. The van der Waals surface area contributed by atoms with Gasteiger partial charge < -0.3 is 25.0 Å². The maximum absolute atomic E-state index is 13.9. The normalized spacial score (nSPS) is 49.0. The summed E-state index contributed by atoms with van der Waals surface area (Å²) in [5.41, 5.74) is -1.79. The molecular weight excluding hydrogens is 422 g/mol. The van der Waals surface area contributed by atoms with Crippen molar-refractivity contribution >= 4 is 11.7 Å². The van der Waals surface area contributed by atoms with Gasteiger partial charge in [-0.1, -0.05) is 32.6 Å². The van der Waals surface area contributed by atoms with E-state index in [4.69, 9.17) is 9.47 Å². The second kappa shape index (κ2) is 6.78. The van der Waals surface area contributed by atoms with Crippen molar-refractivity contribution in [2.75, 3.05) is 13.2 Å². The van der Waals surface area contributed by atoms with Gasteiger partial charge in [0.1, 0.15) is 11.5 Å². The average Bonchev–Trinajstić information content (AvgIpc) is 3.56. The second-order valence-corrected chi connectivity index (χ2v) is 11.9. The molecule has 0 aromatic carbocycles. The zero-order valence-corrected chi connectivity index (χ0v) is 19.5. The average molecular weight is 458 g/mol. The molecule has 1 amide bonds. The zero-order valence-electron chi connectivity index (χ0n) is 19.5. The summed E-state index contributed by atoms with van der Waals surface area (Å²) in [4.78, 5) is 26.3. The van der Waals surface area contributed by atoms with Crippen molar-refractivity contribution in [1.29, 1.82) is 0 Å². The molecule has 7 aliphatic rings. The Morgan fingerprint density at radius 3 is 2.73 bits per heavy atom. The number of allylic oxidation sites excluding steroid dienone is 1. The summed E-state index contributed by atoms with van der Waals surface area (Å²) in [7, 11) is 0. The van der Waals surface area contributed by atoms with Gasteiger partial charge in [0.2, 0.25) is 11.7 Å². The van der Waals surface area contributed by atoms with Crippen LogP contribution in [0.15, 0.2) is 24.3 Å². The van der Waals surface area contributed by atoms with E-state index < -0.39 is 28.8 Å². The molecule has 3 N–H and O–H groups in total. The zero-order chi connectivity index (χ0) is 23.4. The van der Waals surface area contributed by atoms with E-state index in [0.717, 1.165) is 25.7 Å². The van der Waals surface area contributed by atoms with Gasteiger partial charge in [-0.3, -0.25) is 9.59 Å². The van der Waals surface area contributed by atoms with E-state index >= 15 is 0 Å². The van der Waals surface area contributed by atoms with Gasteiger partial charge >= 0.3 is 0 Å². The van der Waals surface area contributed by atoms with Gasteiger partial charge in [-0.25, -0.2) is 0 Å². The highest BCUT2D eigenvalue weighted by molar-refractivity contribution is 6.05. The van der Waals surface area contributed by atoms with Crippen molar-refractivity contribution in [2.45, 2.75) is 76.4 Å². The molecule has 2 spiro atoms. The number of hydrogen-bond acceptors (Lipinski definition) is 6. The van der Waals surface area contributed by atoms with Gasteiger partial charge in [0, 0.05) is 23.3 Å². The SMILES string of the molecule is C=C1C(=O)[C@]23[C@H](O)[C@H]1CC[C@H]2[C@]12C=CCC(C)(C)[C@H]1[C@H](O)[C@@]3(OCCC(=O)NC1CC1)OC2. The predicted molar refractivity (Wildman–Crippen MR) is 119 cm³/mol. The summed E-state index contributed by atoms with van der Waals surface area (Å²) < 4.78 is 12.8. The molecule has 8 atom stereocenters. The number of carbonyl (C=O) groups excluding carboxylic acids is 2. The molecule has 7 rings (SSSR count). The Kier molecular flexibility index (Phi) is 4.51. The predicted octanol–water partition coefficient (Wildman–Crippen LogP) is 1.87. The lowest BCUT2D eigenvalue weighted by atomic mass is 9.37. The number of ketones is 1. The Labute approximate surface area is 194 Å². The van der Waals surface area contributed by atoms with Crippen molar-refractivity contribution in [3.8, 4) is 0 Å². The largest absolute Gasteiger partial charge is 0.391 e. The lowest BCUT2D eigenvalue weighted by Gasteiger charge is -2.73. The number of aliphatic hydroxyl groups is 2. The van der Waals surface area contributed by atoms with Gasteiger partial charge in [-0.15, -0.1) is 0 Å². The topological polar surface area (TPSA) is 105 Å². The van der Waals surface area contributed by atoms with E-state index in [-0.39, 0.29) is 53.9 Å². The van der Waals surface area contributed by atoms with Gasteiger partial charge in [0.25, 0.3) is 0 Å². The summed E-state index contributed by atoms with van der Waals surface area (Å²) in [6.07, 6.45) is 6.51. The van der Waals surface area contributed by atoms with Crippen LogP contribution in [0.5, 0.6) is 0 Å². The van der Waals surface area contributed by atoms with Crippen LogP contribution in [-0.4, -0.2) is 59.2 Å². The molecule has 2 saturated heterocycles. The monoisotopic (exact) mass is 457 g/mol. The number of carbonyl (C=O) groups is 2. The maximum atomic E-state index is 13.9. The van der Waals surface area contributed by atoms with Crippen molar-refractivity contribution in [2.24, 2.45) is 34.0 Å². The molecule has 0 aromatic heterocycles. The Morgan fingerprint density at radius 2 is 2.00 bits per heavy atom. The first-order valence-corrected chi connectivity index (χ1v) is 12.5. The Hall–Kier alpha value is -1.54. The van der Waals surface area contributed by atoms with E-state index in [1.165, 1.54) is 0 Å². The molecule has 0 radical (unpaired) electrons. The highest BCUT2D eigenvalue weighted by Crippen LogP contribution is 2.76. The Balaban J connectivity index is 1.45. The quantitative estimate of drug-likeness (QED) is 0.430. The second-order valence-electron chi connectivity index (χ2n) is 11.9. The highest BCUT2D eigenvalue weighted by Gasteiger charge is 2.86. The van der Waals surface area contributed by atoms with Crippen LogP contribution >= 0.6 is 0 Å². The third-order valence-electron chi connectivity index (χ3n) is 9.83. The summed E-state index contributed by atoms with van der Waals surface area (Å²) in [5, 5.41) is 26.6. The lowest BCUT2D eigenvalue weighted by molar-refractivity contribution is -0.447. The summed E-state index contributed by atoms with van der Waals surface area (Å²) >= 11 is 0. The minimum absolute atomic E-state index is 0.0111. The molecule has 2 heterocycles. The Morgan fingerprint density at radius 1 is 1.24 bits per heavy atom. The number of Topliss-reactive ketones (excluding diaryl/α,β-unsaturated/α-hetero) is 1. The van der Waals surface area contributed by atoms with Crippen molar-refractivity contribution < 1.29 is 29.3 Å². The van der Waals surface area contributed by atoms with Crippen LogP contribution in [0, 0.1) is 34.0 Å².